The molecule has 0 amide bonds. The summed E-state index contributed by atoms with van der Waals surface area (Å²) in [7, 11) is 0. The number of nitrogens with one attached hydrogen (secondary N) is 1. The number of ether oxygens (including phenoxy) is 1. The lowest BCUT2D eigenvalue weighted by atomic mass is 9.85. The lowest BCUT2D eigenvalue weighted by Crippen LogP contribution is -2.50. The molecule has 19 heavy (non-hydrogen) atoms. The van der Waals surface area contributed by atoms with Crippen LogP contribution < -0.4 is 5.32 Å². The van der Waals surface area contributed by atoms with Crippen molar-refractivity contribution in [2.75, 3.05) is 44.3 Å². The molecular formula is C15H26N2OS. The van der Waals surface area contributed by atoms with E-state index in [1.54, 1.807) is 0 Å². The number of likely N-dealkylation sites (tertiary alicyclic amines) is 1. The molecule has 1 spiro atoms. The summed E-state index contributed by atoms with van der Waals surface area (Å²) >= 11 is 2.11. The molecule has 0 radical (unpaired) electrons. The van der Waals surface area contributed by atoms with Gasteiger partial charge in [-0.15, -0.1) is 0 Å². The molecule has 0 bridgehead atoms. The molecule has 4 heteroatoms. The lowest BCUT2D eigenvalue weighted by Gasteiger charge is -2.45. The van der Waals surface area contributed by atoms with Crippen molar-refractivity contribution in [3.63, 3.8) is 0 Å². The second-order valence-corrected chi connectivity index (χ2v) is 8.15. The zero-order valence-corrected chi connectivity index (χ0v) is 12.6. The minimum absolute atomic E-state index is 0.254. The van der Waals surface area contributed by atoms with Gasteiger partial charge in [0.2, 0.25) is 0 Å². The fourth-order valence-electron chi connectivity index (χ4n) is 4.60. The van der Waals surface area contributed by atoms with E-state index < -0.39 is 0 Å². The standard InChI is InChI=1S/C15H26N2OS/c1-4-18-15(2-5-19-6-3-15)7-14(1)17-10-12-8-16-9-13(12)11-17/h12-14,16H,1-11H2/t12-,13+,14?. The van der Waals surface area contributed by atoms with E-state index in [1.165, 1.54) is 63.4 Å². The molecule has 3 nitrogen and oxygen atoms in total. The van der Waals surface area contributed by atoms with Gasteiger partial charge in [-0.25, -0.2) is 0 Å². The number of rotatable bonds is 1. The SMILES string of the molecule is C1CC(N2C[C@H]3CNC[C@H]3C2)CC2(CCSCC2)O1. The Morgan fingerprint density at radius 2 is 1.84 bits per heavy atom. The van der Waals surface area contributed by atoms with Crippen molar-refractivity contribution in [1.29, 1.82) is 0 Å². The van der Waals surface area contributed by atoms with Gasteiger partial charge in [0, 0.05) is 25.7 Å². The fourth-order valence-corrected chi connectivity index (χ4v) is 5.83. The highest BCUT2D eigenvalue weighted by Gasteiger charge is 2.44. The van der Waals surface area contributed by atoms with Gasteiger partial charge in [-0.3, -0.25) is 4.90 Å². The van der Waals surface area contributed by atoms with Crippen molar-refractivity contribution in [2.45, 2.75) is 37.3 Å². The molecular weight excluding hydrogens is 256 g/mol. The Bertz CT molecular complexity index is 315. The smallest absolute Gasteiger partial charge is 0.0713 e. The number of nitrogens with zero attached hydrogens (tertiary/aromatic N) is 1. The number of hydrogen-bond acceptors (Lipinski definition) is 4. The molecule has 4 rings (SSSR count). The predicted molar refractivity (Wildman–Crippen MR) is 79.7 cm³/mol. The maximum absolute atomic E-state index is 6.24. The molecule has 4 saturated heterocycles. The van der Waals surface area contributed by atoms with E-state index in [0.29, 0.717) is 0 Å². The van der Waals surface area contributed by atoms with Crippen molar-refractivity contribution < 1.29 is 4.74 Å². The van der Waals surface area contributed by atoms with Gasteiger partial charge in [0.15, 0.2) is 0 Å². The molecule has 0 saturated carbocycles. The molecule has 4 aliphatic heterocycles. The molecule has 0 aromatic carbocycles. The van der Waals surface area contributed by atoms with E-state index in [0.717, 1.165) is 24.5 Å². The molecule has 4 aliphatic rings. The zero-order chi connectivity index (χ0) is 12.7. The third kappa shape index (κ3) is 2.45. The first-order valence-electron chi connectivity index (χ1n) is 8.01. The molecule has 1 N–H and O–H groups in total. The second-order valence-electron chi connectivity index (χ2n) is 6.92. The molecule has 1 unspecified atom stereocenters. The van der Waals surface area contributed by atoms with Crippen molar-refractivity contribution in [3.05, 3.63) is 0 Å². The van der Waals surface area contributed by atoms with Crippen LogP contribution in [0.1, 0.15) is 25.7 Å². The van der Waals surface area contributed by atoms with Gasteiger partial charge in [0.05, 0.1) is 5.60 Å². The van der Waals surface area contributed by atoms with Crippen LogP contribution in [0.2, 0.25) is 0 Å². The van der Waals surface area contributed by atoms with E-state index in [2.05, 4.69) is 22.0 Å². The van der Waals surface area contributed by atoms with Crippen LogP contribution in [0.5, 0.6) is 0 Å². The third-order valence-corrected chi connectivity index (χ3v) is 6.79. The summed E-state index contributed by atoms with van der Waals surface area (Å²) in [5, 5.41) is 3.55. The quantitative estimate of drug-likeness (QED) is 0.789. The normalized spacial score (nSPS) is 42.6. The first kappa shape index (κ1) is 12.9. The molecule has 4 fully saturated rings. The van der Waals surface area contributed by atoms with Gasteiger partial charge in [-0.2, -0.15) is 11.8 Å². The summed E-state index contributed by atoms with van der Waals surface area (Å²) in [6.45, 7) is 6.19. The van der Waals surface area contributed by atoms with Gasteiger partial charge in [-0.05, 0) is 62.1 Å². The highest BCUT2D eigenvalue weighted by molar-refractivity contribution is 7.99. The first-order chi connectivity index (χ1) is 9.35. The summed E-state index contributed by atoms with van der Waals surface area (Å²) in [5.41, 5.74) is 0.254. The highest BCUT2D eigenvalue weighted by Crippen LogP contribution is 2.40. The first-order valence-corrected chi connectivity index (χ1v) is 9.17. The molecule has 4 heterocycles. The lowest BCUT2D eigenvalue weighted by molar-refractivity contribution is -0.108. The van der Waals surface area contributed by atoms with Crippen molar-refractivity contribution in [1.82, 2.24) is 10.2 Å². The summed E-state index contributed by atoms with van der Waals surface area (Å²) < 4.78 is 6.24. The van der Waals surface area contributed by atoms with Crippen LogP contribution in [0, 0.1) is 11.8 Å². The number of hydrogen-bond donors (Lipinski definition) is 1. The monoisotopic (exact) mass is 282 g/mol. The summed E-state index contributed by atoms with van der Waals surface area (Å²) in [5.74, 6) is 4.48. The van der Waals surface area contributed by atoms with E-state index in [1.807, 2.05) is 0 Å². The predicted octanol–water partition coefficient (Wildman–Crippen LogP) is 1.58. The van der Waals surface area contributed by atoms with E-state index in [4.69, 9.17) is 4.74 Å². The molecule has 0 aromatic heterocycles. The van der Waals surface area contributed by atoms with Crippen molar-refractivity contribution >= 4 is 11.8 Å². The minimum atomic E-state index is 0.254. The fraction of sp³-hybridized carbons (Fsp3) is 1.00. The minimum Gasteiger partial charge on any atom is -0.375 e. The van der Waals surface area contributed by atoms with Crippen LogP contribution in [0.25, 0.3) is 0 Å². The summed E-state index contributed by atoms with van der Waals surface area (Å²) in [6.07, 6.45) is 5.15. The van der Waals surface area contributed by atoms with E-state index in [-0.39, 0.29) is 5.60 Å². The Morgan fingerprint density at radius 1 is 1.11 bits per heavy atom. The largest absolute Gasteiger partial charge is 0.375 e. The van der Waals surface area contributed by atoms with Crippen LogP contribution in [0.4, 0.5) is 0 Å². The zero-order valence-electron chi connectivity index (χ0n) is 11.8. The van der Waals surface area contributed by atoms with Gasteiger partial charge < -0.3 is 10.1 Å². The molecule has 108 valence electrons. The highest BCUT2D eigenvalue weighted by atomic mass is 32.2. The molecule has 0 aliphatic carbocycles. The molecule has 3 atom stereocenters. The summed E-state index contributed by atoms with van der Waals surface area (Å²) in [6, 6.07) is 0.808. The third-order valence-electron chi connectivity index (χ3n) is 5.81. The average molecular weight is 282 g/mol. The Labute approximate surface area is 120 Å². The van der Waals surface area contributed by atoms with Crippen LogP contribution in [0.3, 0.4) is 0 Å². The Balaban J connectivity index is 1.41. The Hall–Kier alpha value is 0.230. The van der Waals surface area contributed by atoms with Crippen LogP contribution >= 0.6 is 11.8 Å². The van der Waals surface area contributed by atoms with Gasteiger partial charge >= 0.3 is 0 Å². The van der Waals surface area contributed by atoms with Gasteiger partial charge in [0.25, 0.3) is 0 Å². The Kier molecular flexibility index (Phi) is 3.55. The Morgan fingerprint density at radius 3 is 2.58 bits per heavy atom. The van der Waals surface area contributed by atoms with Crippen LogP contribution in [-0.2, 0) is 4.74 Å². The molecule has 0 aromatic rings. The second kappa shape index (κ2) is 5.21. The number of thioether (sulfide) groups is 1. The van der Waals surface area contributed by atoms with E-state index >= 15 is 0 Å². The number of fused-ring (bicyclic) bond motifs is 1. The maximum atomic E-state index is 6.24. The van der Waals surface area contributed by atoms with Gasteiger partial charge in [-0.1, -0.05) is 0 Å². The average Bonchev–Trinajstić information content (AvgIpc) is 3.00. The van der Waals surface area contributed by atoms with E-state index in [9.17, 15) is 0 Å². The van der Waals surface area contributed by atoms with Crippen LogP contribution in [0.15, 0.2) is 0 Å². The maximum Gasteiger partial charge on any atom is 0.0713 e. The van der Waals surface area contributed by atoms with Crippen molar-refractivity contribution in [3.8, 4) is 0 Å². The van der Waals surface area contributed by atoms with Crippen LogP contribution in [-0.4, -0.2) is 60.8 Å². The topological polar surface area (TPSA) is 24.5 Å². The van der Waals surface area contributed by atoms with Gasteiger partial charge in [0.1, 0.15) is 0 Å². The van der Waals surface area contributed by atoms with Crippen molar-refractivity contribution in [2.24, 2.45) is 11.8 Å². The summed E-state index contributed by atoms with van der Waals surface area (Å²) in [4.78, 5) is 2.81.